The van der Waals surface area contributed by atoms with Crippen LogP contribution in [0.15, 0.2) is 4.90 Å². The number of rotatable bonds is 5. The first-order valence-electron chi connectivity index (χ1n) is 6.09. The predicted molar refractivity (Wildman–Crippen MR) is 75.8 cm³/mol. The second-order valence-electron chi connectivity index (χ2n) is 4.92. The topological polar surface area (TPSA) is 92.1 Å². The third-order valence-corrected chi connectivity index (χ3v) is 5.72. The van der Waals surface area contributed by atoms with Crippen molar-refractivity contribution in [3.05, 3.63) is 11.4 Å². The lowest BCUT2D eigenvalue weighted by Crippen LogP contribution is -2.43. The van der Waals surface area contributed by atoms with Crippen LogP contribution >= 0.6 is 12.4 Å². The van der Waals surface area contributed by atoms with Gasteiger partial charge < -0.3 is 5.73 Å². The first-order chi connectivity index (χ1) is 8.39. The first kappa shape index (κ1) is 16.4. The molecule has 110 valence electrons. The van der Waals surface area contributed by atoms with Crippen LogP contribution in [0.5, 0.6) is 0 Å². The summed E-state index contributed by atoms with van der Waals surface area (Å²) in [6.45, 7) is 3.77. The summed E-state index contributed by atoms with van der Waals surface area (Å²) in [7, 11) is -1.91. The van der Waals surface area contributed by atoms with Gasteiger partial charge in [-0.05, 0) is 32.6 Å². The highest BCUT2D eigenvalue weighted by Crippen LogP contribution is 2.36. The van der Waals surface area contributed by atoms with E-state index in [0.717, 1.165) is 12.8 Å². The molecule has 1 aromatic rings. The lowest BCUT2D eigenvalue weighted by molar-refractivity contribution is 0.340. The van der Waals surface area contributed by atoms with Gasteiger partial charge in [0.2, 0.25) is 10.0 Å². The summed E-state index contributed by atoms with van der Waals surface area (Å²) in [5.74, 6) is 0.405. The van der Waals surface area contributed by atoms with Crippen molar-refractivity contribution < 1.29 is 8.42 Å². The fraction of sp³-hybridized carbons (Fsp3) is 0.727. The number of aryl methyl sites for hydroxylation is 2. The molecule has 1 aliphatic carbocycles. The summed E-state index contributed by atoms with van der Waals surface area (Å²) < 4.78 is 26.6. The molecule has 0 bridgehead atoms. The molecule has 0 radical (unpaired) electrons. The number of nitrogens with one attached hydrogen (secondary N) is 1. The molecule has 0 amide bonds. The molecule has 0 aliphatic heterocycles. The average molecular weight is 309 g/mol. The van der Waals surface area contributed by atoms with Crippen molar-refractivity contribution in [3.63, 3.8) is 0 Å². The summed E-state index contributed by atoms with van der Waals surface area (Å²) in [5, 5.41) is 6.66. The normalized spacial score (nSPS) is 17.3. The van der Waals surface area contributed by atoms with Crippen molar-refractivity contribution in [2.75, 3.05) is 13.6 Å². The summed E-state index contributed by atoms with van der Waals surface area (Å²) in [5.41, 5.74) is 6.79. The number of likely N-dealkylation sites (N-methyl/N-ethyl adjacent to an activating group) is 1. The Bertz CT molecular complexity index is 519. The number of hydrogen-bond acceptors (Lipinski definition) is 4. The summed E-state index contributed by atoms with van der Waals surface area (Å²) in [6.07, 6.45) is 2.12. The Morgan fingerprint density at radius 3 is 2.42 bits per heavy atom. The fourth-order valence-corrected chi connectivity index (χ4v) is 4.12. The Hall–Kier alpha value is -0.630. The van der Waals surface area contributed by atoms with Gasteiger partial charge in [0.25, 0.3) is 0 Å². The third-order valence-electron chi connectivity index (χ3n) is 3.57. The van der Waals surface area contributed by atoms with Crippen molar-refractivity contribution >= 4 is 22.4 Å². The lowest BCUT2D eigenvalue weighted by Gasteiger charge is -2.26. The van der Waals surface area contributed by atoms with Gasteiger partial charge >= 0.3 is 0 Å². The third kappa shape index (κ3) is 2.94. The highest BCUT2D eigenvalue weighted by molar-refractivity contribution is 7.89. The molecule has 1 unspecified atom stereocenters. The second-order valence-corrected chi connectivity index (χ2v) is 6.86. The van der Waals surface area contributed by atoms with Crippen molar-refractivity contribution in [3.8, 4) is 0 Å². The summed E-state index contributed by atoms with van der Waals surface area (Å²) in [6, 6.07) is -0.108. The number of sulfonamides is 1. The maximum atomic E-state index is 12.6. The molecule has 2 rings (SSSR count). The second kappa shape index (κ2) is 5.78. The summed E-state index contributed by atoms with van der Waals surface area (Å²) in [4.78, 5) is 0.282. The Morgan fingerprint density at radius 1 is 1.47 bits per heavy atom. The molecule has 8 heteroatoms. The summed E-state index contributed by atoms with van der Waals surface area (Å²) >= 11 is 0. The number of hydrogen-bond donors (Lipinski definition) is 2. The monoisotopic (exact) mass is 308 g/mol. The van der Waals surface area contributed by atoms with Gasteiger partial charge in [-0.15, -0.1) is 12.4 Å². The molecule has 0 saturated heterocycles. The molecule has 1 aliphatic rings. The predicted octanol–water partition coefficient (Wildman–Crippen LogP) is 0.806. The van der Waals surface area contributed by atoms with E-state index in [-0.39, 0.29) is 23.3 Å². The number of aromatic amines is 1. The number of nitrogens with two attached hydrogens (primary N) is 1. The zero-order chi connectivity index (χ0) is 13.5. The number of H-pyrrole nitrogens is 1. The van der Waals surface area contributed by atoms with Crippen molar-refractivity contribution in [2.24, 2.45) is 11.7 Å². The quantitative estimate of drug-likeness (QED) is 0.842. The van der Waals surface area contributed by atoms with E-state index in [1.165, 1.54) is 4.31 Å². The highest BCUT2D eigenvalue weighted by Gasteiger charge is 2.39. The average Bonchev–Trinajstić information content (AvgIpc) is 3.06. The SMILES string of the molecule is Cc1n[nH]c(C)c1S(=O)(=O)N(C)C(CN)C1CC1.Cl. The van der Waals surface area contributed by atoms with Gasteiger partial charge in [0, 0.05) is 19.6 Å². The molecule has 1 fully saturated rings. The van der Waals surface area contributed by atoms with Crippen LogP contribution in [0.2, 0.25) is 0 Å². The van der Waals surface area contributed by atoms with Crippen LogP contribution in [0, 0.1) is 19.8 Å². The molecule has 1 aromatic heterocycles. The van der Waals surface area contributed by atoms with Crippen LogP contribution in [-0.2, 0) is 10.0 Å². The zero-order valence-electron chi connectivity index (χ0n) is 11.4. The number of nitrogens with zero attached hydrogens (tertiary/aromatic N) is 2. The molecule has 1 atom stereocenters. The van der Waals surface area contributed by atoms with Gasteiger partial charge in [0.1, 0.15) is 4.90 Å². The van der Waals surface area contributed by atoms with Crippen molar-refractivity contribution in [2.45, 2.75) is 37.6 Å². The minimum absolute atomic E-state index is 0. The van der Waals surface area contributed by atoms with E-state index in [9.17, 15) is 8.42 Å². The maximum absolute atomic E-state index is 12.6. The Balaban J connectivity index is 0.00000180. The maximum Gasteiger partial charge on any atom is 0.246 e. The first-order valence-corrected chi connectivity index (χ1v) is 7.53. The van der Waals surface area contributed by atoms with E-state index < -0.39 is 10.0 Å². The highest BCUT2D eigenvalue weighted by atomic mass is 35.5. The minimum atomic E-state index is -3.51. The van der Waals surface area contributed by atoms with E-state index in [1.807, 2.05) is 0 Å². The van der Waals surface area contributed by atoms with E-state index in [4.69, 9.17) is 5.73 Å². The lowest BCUT2D eigenvalue weighted by atomic mass is 10.2. The van der Waals surface area contributed by atoms with Crippen molar-refractivity contribution in [1.29, 1.82) is 0 Å². The van der Waals surface area contributed by atoms with Gasteiger partial charge in [-0.25, -0.2) is 8.42 Å². The van der Waals surface area contributed by atoms with E-state index >= 15 is 0 Å². The van der Waals surface area contributed by atoms with E-state index in [0.29, 0.717) is 23.9 Å². The molecular weight excluding hydrogens is 288 g/mol. The Morgan fingerprint density at radius 2 is 2.05 bits per heavy atom. The van der Waals surface area contributed by atoms with Crippen LogP contribution in [-0.4, -0.2) is 42.6 Å². The minimum Gasteiger partial charge on any atom is -0.329 e. The molecule has 1 heterocycles. The molecule has 0 aromatic carbocycles. The van der Waals surface area contributed by atoms with Crippen molar-refractivity contribution in [1.82, 2.24) is 14.5 Å². The van der Waals surface area contributed by atoms with Gasteiger partial charge in [-0.1, -0.05) is 0 Å². The molecule has 1 saturated carbocycles. The molecule has 3 N–H and O–H groups in total. The van der Waals surface area contributed by atoms with E-state index in [2.05, 4.69) is 10.2 Å². The van der Waals surface area contributed by atoms with Gasteiger partial charge in [0.05, 0.1) is 11.4 Å². The van der Waals surface area contributed by atoms with Gasteiger partial charge in [-0.3, -0.25) is 5.10 Å². The van der Waals surface area contributed by atoms with Gasteiger partial charge in [-0.2, -0.15) is 9.40 Å². The van der Waals surface area contributed by atoms with E-state index in [1.54, 1.807) is 20.9 Å². The molecule has 19 heavy (non-hydrogen) atoms. The number of aromatic nitrogens is 2. The van der Waals surface area contributed by atoms with Crippen LogP contribution in [0.3, 0.4) is 0 Å². The Kier molecular flexibility index (Phi) is 5.00. The molecule has 0 spiro atoms. The van der Waals surface area contributed by atoms with Crippen LogP contribution < -0.4 is 5.73 Å². The van der Waals surface area contributed by atoms with Crippen LogP contribution in [0.4, 0.5) is 0 Å². The molecular formula is C11H21ClN4O2S. The number of halogens is 1. The Labute approximate surface area is 120 Å². The smallest absolute Gasteiger partial charge is 0.246 e. The molecule has 6 nitrogen and oxygen atoms in total. The fourth-order valence-electron chi connectivity index (χ4n) is 2.36. The standard InChI is InChI=1S/C11H20N4O2S.ClH/c1-7-11(8(2)14-13-7)18(16,17)15(3)10(6-12)9-4-5-9;/h9-10H,4-6,12H2,1-3H3,(H,13,14);1H. The largest absolute Gasteiger partial charge is 0.329 e. The van der Waals surface area contributed by atoms with Crippen LogP contribution in [0.25, 0.3) is 0 Å². The van der Waals surface area contributed by atoms with Crippen LogP contribution in [0.1, 0.15) is 24.2 Å². The zero-order valence-corrected chi connectivity index (χ0v) is 13.0. The van der Waals surface area contributed by atoms with Gasteiger partial charge in [0.15, 0.2) is 0 Å².